The number of likely N-dealkylation sites (tertiary alicyclic amines) is 1. The first-order valence-electron chi connectivity index (χ1n) is 9.71. The minimum atomic E-state index is -0.137. The quantitative estimate of drug-likeness (QED) is 0.663. The third-order valence-electron chi connectivity index (χ3n) is 5.01. The minimum absolute atomic E-state index is 0.0176. The van der Waals surface area contributed by atoms with Crippen molar-refractivity contribution in [2.24, 2.45) is 0 Å². The molecule has 0 spiro atoms. The van der Waals surface area contributed by atoms with Gasteiger partial charge in [-0.15, -0.1) is 0 Å². The number of rotatable bonds is 5. The summed E-state index contributed by atoms with van der Waals surface area (Å²) < 4.78 is 11.2. The van der Waals surface area contributed by atoms with Crippen LogP contribution in [-0.2, 0) is 0 Å². The Hall–Kier alpha value is -3.41. The second-order valence-electron chi connectivity index (χ2n) is 6.95. The highest BCUT2D eigenvalue weighted by Gasteiger charge is 2.27. The molecule has 0 saturated carbocycles. The van der Waals surface area contributed by atoms with E-state index in [-0.39, 0.29) is 12.0 Å². The van der Waals surface area contributed by atoms with Gasteiger partial charge in [0, 0.05) is 24.5 Å². The number of carbonyl (C=O) groups excluding carboxylic acids is 1. The van der Waals surface area contributed by atoms with Gasteiger partial charge in [0.15, 0.2) is 0 Å². The summed E-state index contributed by atoms with van der Waals surface area (Å²) in [6, 6.07) is 17.9. The Morgan fingerprint density at radius 2 is 1.66 bits per heavy atom. The van der Waals surface area contributed by atoms with Crippen LogP contribution in [0.3, 0.4) is 0 Å². The van der Waals surface area contributed by atoms with E-state index >= 15 is 0 Å². The minimum Gasteiger partial charge on any atom is -0.477 e. The van der Waals surface area contributed by atoms with Crippen molar-refractivity contribution in [1.29, 1.82) is 0 Å². The molecule has 0 bridgehead atoms. The largest absolute Gasteiger partial charge is 0.477 e. The van der Waals surface area contributed by atoms with Gasteiger partial charge in [0.2, 0.25) is 0 Å². The van der Waals surface area contributed by atoms with Gasteiger partial charge in [-0.3, -0.25) is 4.79 Å². The van der Waals surface area contributed by atoms with Gasteiger partial charge in [-0.25, -0.2) is 9.97 Å². The van der Waals surface area contributed by atoms with Crippen LogP contribution in [0.4, 0.5) is 0 Å². The maximum atomic E-state index is 13.0. The predicted molar refractivity (Wildman–Crippen MR) is 110 cm³/mol. The first-order valence-corrected chi connectivity index (χ1v) is 9.71. The lowest BCUT2D eigenvalue weighted by Crippen LogP contribution is -2.44. The number of benzene rings is 2. The standard InChI is InChI=1S/C23H23N3O3/c1-28-21-22(25-14-13-24-21)29-20-8-5-15-26(16-20)23(27)19-11-9-18(10-12-19)17-6-3-2-4-7-17/h2-4,6-7,9-14,20H,5,8,15-16H2,1H3. The van der Waals surface area contributed by atoms with Gasteiger partial charge < -0.3 is 14.4 Å². The Morgan fingerprint density at radius 3 is 2.38 bits per heavy atom. The van der Waals surface area contributed by atoms with E-state index in [0.717, 1.165) is 30.5 Å². The van der Waals surface area contributed by atoms with Crippen molar-refractivity contribution in [2.45, 2.75) is 18.9 Å². The van der Waals surface area contributed by atoms with Crippen LogP contribution in [-0.4, -0.2) is 47.1 Å². The van der Waals surface area contributed by atoms with Crippen molar-refractivity contribution >= 4 is 5.91 Å². The molecule has 1 atom stereocenters. The number of piperidine rings is 1. The molecule has 1 fully saturated rings. The number of ether oxygens (including phenoxy) is 2. The lowest BCUT2D eigenvalue weighted by molar-refractivity contribution is 0.0519. The lowest BCUT2D eigenvalue weighted by atomic mass is 10.0. The summed E-state index contributed by atoms with van der Waals surface area (Å²) >= 11 is 0. The molecule has 6 nitrogen and oxygen atoms in total. The molecule has 1 aromatic heterocycles. The molecule has 1 amide bonds. The van der Waals surface area contributed by atoms with E-state index in [1.807, 2.05) is 47.4 Å². The molecule has 1 saturated heterocycles. The molecule has 1 aliphatic heterocycles. The smallest absolute Gasteiger partial charge is 0.278 e. The SMILES string of the molecule is COc1nccnc1OC1CCCN(C(=O)c2ccc(-c3ccccc3)cc2)C1. The van der Waals surface area contributed by atoms with E-state index in [4.69, 9.17) is 9.47 Å². The van der Waals surface area contributed by atoms with Gasteiger partial charge in [0.1, 0.15) is 6.10 Å². The lowest BCUT2D eigenvalue weighted by Gasteiger charge is -2.32. The maximum Gasteiger partial charge on any atom is 0.278 e. The monoisotopic (exact) mass is 389 g/mol. The summed E-state index contributed by atoms with van der Waals surface area (Å²) in [6.45, 7) is 1.23. The van der Waals surface area contributed by atoms with Crippen LogP contribution in [0, 0.1) is 0 Å². The highest BCUT2D eigenvalue weighted by molar-refractivity contribution is 5.94. The summed E-state index contributed by atoms with van der Waals surface area (Å²) in [4.78, 5) is 23.1. The van der Waals surface area contributed by atoms with Gasteiger partial charge >= 0.3 is 0 Å². The van der Waals surface area contributed by atoms with E-state index in [2.05, 4.69) is 22.1 Å². The van der Waals surface area contributed by atoms with Crippen molar-refractivity contribution in [1.82, 2.24) is 14.9 Å². The van der Waals surface area contributed by atoms with Crippen molar-refractivity contribution in [3.8, 4) is 22.9 Å². The number of amides is 1. The van der Waals surface area contributed by atoms with Crippen molar-refractivity contribution < 1.29 is 14.3 Å². The molecule has 148 valence electrons. The van der Waals surface area contributed by atoms with E-state index < -0.39 is 0 Å². The molecule has 2 aromatic carbocycles. The highest BCUT2D eigenvalue weighted by atomic mass is 16.5. The number of hydrogen-bond acceptors (Lipinski definition) is 5. The highest BCUT2D eigenvalue weighted by Crippen LogP contribution is 2.25. The molecule has 4 rings (SSSR count). The zero-order valence-electron chi connectivity index (χ0n) is 16.3. The van der Waals surface area contributed by atoms with Crippen LogP contribution in [0.1, 0.15) is 23.2 Å². The third kappa shape index (κ3) is 4.37. The van der Waals surface area contributed by atoms with Crippen molar-refractivity contribution in [3.05, 3.63) is 72.6 Å². The fourth-order valence-electron chi connectivity index (χ4n) is 3.53. The number of carbonyl (C=O) groups is 1. The second kappa shape index (κ2) is 8.73. The predicted octanol–water partition coefficient (Wildman–Crippen LogP) is 3.84. The molecule has 3 aromatic rings. The first kappa shape index (κ1) is 18.9. The van der Waals surface area contributed by atoms with Crippen LogP contribution in [0.25, 0.3) is 11.1 Å². The van der Waals surface area contributed by atoms with Gasteiger partial charge in [-0.05, 0) is 36.1 Å². The van der Waals surface area contributed by atoms with Gasteiger partial charge in [0.05, 0.1) is 13.7 Å². The molecule has 0 N–H and O–H groups in total. The number of methoxy groups -OCH3 is 1. The first-order chi connectivity index (χ1) is 14.2. The Balaban J connectivity index is 1.43. The Kier molecular flexibility index (Phi) is 5.70. The van der Waals surface area contributed by atoms with Crippen molar-refractivity contribution in [2.75, 3.05) is 20.2 Å². The summed E-state index contributed by atoms with van der Waals surface area (Å²) in [6.07, 6.45) is 4.72. The zero-order chi connectivity index (χ0) is 20.1. The normalized spacial score (nSPS) is 16.3. The van der Waals surface area contributed by atoms with Crippen molar-refractivity contribution in [3.63, 3.8) is 0 Å². The number of nitrogens with zero attached hydrogens (tertiary/aromatic N) is 3. The molecule has 6 heteroatoms. The van der Waals surface area contributed by atoms with Gasteiger partial charge in [-0.2, -0.15) is 0 Å². The van der Waals surface area contributed by atoms with Gasteiger partial charge in [0.25, 0.3) is 17.7 Å². The molecule has 0 radical (unpaired) electrons. The van der Waals surface area contributed by atoms with Crippen LogP contribution >= 0.6 is 0 Å². The van der Waals surface area contributed by atoms with Gasteiger partial charge in [-0.1, -0.05) is 42.5 Å². The molecule has 1 aliphatic rings. The Bertz CT molecular complexity index is 961. The summed E-state index contributed by atoms with van der Waals surface area (Å²) in [5.41, 5.74) is 2.91. The maximum absolute atomic E-state index is 13.0. The number of hydrogen-bond donors (Lipinski definition) is 0. The molecular formula is C23H23N3O3. The van der Waals surface area contributed by atoms with E-state index in [9.17, 15) is 4.79 Å². The average Bonchev–Trinajstić information content (AvgIpc) is 2.80. The third-order valence-corrected chi connectivity index (χ3v) is 5.01. The summed E-state index contributed by atoms with van der Waals surface area (Å²) in [5, 5.41) is 0. The number of aromatic nitrogens is 2. The summed E-state index contributed by atoms with van der Waals surface area (Å²) in [5.74, 6) is 0.734. The molecule has 0 aliphatic carbocycles. The van der Waals surface area contributed by atoms with Crippen LogP contribution in [0.15, 0.2) is 67.0 Å². The van der Waals surface area contributed by atoms with Crippen LogP contribution in [0.5, 0.6) is 11.8 Å². The molecule has 29 heavy (non-hydrogen) atoms. The molecule has 2 heterocycles. The van der Waals surface area contributed by atoms with Crippen LogP contribution in [0.2, 0.25) is 0 Å². The Morgan fingerprint density at radius 1 is 0.966 bits per heavy atom. The van der Waals surface area contributed by atoms with E-state index in [1.54, 1.807) is 12.4 Å². The fourth-order valence-corrected chi connectivity index (χ4v) is 3.53. The molecule has 1 unspecified atom stereocenters. The average molecular weight is 389 g/mol. The van der Waals surface area contributed by atoms with E-state index in [1.165, 1.54) is 7.11 Å². The fraction of sp³-hybridized carbons (Fsp3) is 0.261. The summed E-state index contributed by atoms with van der Waals surface area (Å²) in [7, 11) is 1.53. The van der Waals surface area contributed by atoms with E-state index in [0.29, 0.717) is 23.9 Å². The molecular weight excluding hydrogens is 366 g/mol. The second-order valence-corrected chi connectivity index (χ2v) is 6.95. The van der Waals surface area contributed by atoms with Crippen LogP contribution < -0.4 is 9.47 Å². The topological polar surface area (TPSA) is 64.6 Å². The Labute approximate surface area is 170 Å². The zero-order valence-corrected chi connectivity index (χ0v) is 16.3.